The molecule has 1 unspecified atom stereocenters. The van der Waals surface area contributed by atoms with Crippen LogP contribution in [0.1, 0.15) is 57.6 Å². The second-order valence-corrected chi connectivity index (χ2v) is 5.64. The highest BCUT2D eigenvalue weighted by molar-refractivity contribution is 5.25. The zero-order valence-electron chi connectivity index (χ0n) is 13.2. The second-order valence-electron chi connectivity index (χ2n) is 5.64. The second kappa shape index (κ2) is 9.14. The Morgan fingerprint density at radius 1 is 1.05 bits per heavy atom. The van der Waals surface area contributed by atoms with E-state index in [1.54, 1.807) is 0 Å². The van der Waals surface area contributed by atoms with Gasteiger partial charge in [-0.3, -0.25) is 0 Å². The van der Waals surface area contributed by atoms with E-state index in [9.17, 15) is 0 Å². The first-order chi connectivity index (χ1) is 9.21. The number of aryl methyl sites for hydroxylation is 2. The molecule has 0 heterocycles. The van der Waals surface area contributed by atoms with Crippen LogP contribution >= 0.6 is 0 Å². The van der Waals surface area contributed by atoms with Crippen LogP contribution in [0.2, 0.25) is 0 Å². The molecule has 0 aliphatic rings. The summed E-state index contributed by atoms with van der Waals surface area (Å²) in [4.78, 5) is 0. The van der Waals surface area contributed by atoms with E-state index in [1.807, 2.05) is 0 Å². The Bertz CT molecular complexity index is 341. The van der Waals surface area contributed by atoms with Crippen molar-refractivity contribution in [1.29, 1.82) is 0 Å². The minimum Gasteiger partial charge on any atom is -0.314 e. The summed E-state index contributed by atoms with van der Waals surface area (Å²) in [6.07, 6.45) is 6.40. The molecule has 108 valence electrons. The van der Waals surface area contributed by atoms with Crippen LogP contribution in [0.25, 0.3) is 0 Å². The van der Waals surface area contributed by atoms with Gasteiger partial charge in [0.25, 0.3) is 0 Å². The van der Waals surface area contributed by atoms with E-state index in [1.165, 1.54) is 43.2 Å². The van der Waals surface area contributed by atoms with Crippen molar-refractivity contribution in [2.75, 3.05) is 6.54 Å². The number of nitrogens with one attached hydrogen (secondary N) is 1. The molecule has 0 spiro atoms. The van der Waals surface area contributed by atoms with Gasteiger partial charge in [0.1, 0.15) is 0 Å². The highest BCUT2D eigenvalue weighted by Gasteiger charge is 2.13. The third-order valence-corrected chi connectivity index (χ3v) is 4.29. The molecule has 0 aromatic heterocycles. The number of benzene rings is 1. The Hall–Kier alpha value is -0.820. The molecule has 19 heavy (non-hydrogen) atoms. The van der Waals surface area contributed by atoms with E-state index in [-0.39, 0.29) is 0 Å². The van der Waals surface area contributed by atoms with Gasteiger partial charge in [-0.25, -0.2) is 0 Å². The molecular weight excluding hydrogens is 230 g/mol. The lowest BCUT2D eigenvalue weighted by atomic mass is 9.91. The van der Waals surface area contributed by atoms with E-state index in [4.69, 9.17) is 0 Å². The predicted molar refractivity (Wildman–Crippen MR) is 85.7 cm³/mol. The van der Waals surface area contributed by atoms with Crippen molar-refractivity contribution in [2.45, 2.75) is 65.8 Å². The van der Waals surface area contributed by atoms with Gasteiger partial charge in [0.15, 0.2) is 0 Å². The Balaban J connectivity index is 2.51. The molecule has 1 aromatic carbocycles. The highest BCUT2D eigenvalue weighted by atomic mass is 14.9. The summed E-state index contributed by atoms with van der Waals surface area (Å²) in [5.41, 5.74) is 2.94. The summed E-state index contributed by atoms with van der Waals surface area (Å²) in [6.45, 7) is 10.2. The first-order valence-electron chi connectivity index (χ1n) is 7.99. The summed E-state index contributed by atoms with van der Waals surface area (Å²) < 4.78 is 0. The normalized spacial score (nSPS) is 12.9. The van der Waals surface area contributed by atoms with Crippen LogP contribution in [-0.4, -0.2) is 12.6 Å². The lowest BCUT2D eigenvalue weighted by molar-refractivity contribution is 0.356. The van der Waals surface area contributed by atoms with Crippen molar-refractivity contribution in [3.05, 3.63) is 35.4 Å². The van der Waals surface area contributed by atoms with Crippen molar-refractivity contribution in [3.8, 4) is 0 Å². The van der Waals surface area contributed by atoms with Crippen LogP contribution in [-0.2, 0) is 6.42 Å². The summed E-state index contributed by atoms with van der Waals surface area (Å²) >= 11 is 0. The SMILES string of the molecule is CCNC(CCc1ccccc1C)CC(CC)CC. The Morgan fingerprint density at radius 3 is 2.32 bits per heavy atom. The first kappa shape index (κ1) is 16.2. The molecule has 1 N–H and O–H groups in total. The molecule has 0 saturated carbocycles. The molecule has 1 heteroatoms. The third kappa shape index (κ3) is 5.78. The quantitative estimate of drug-likeness (QED) is 0.677. The Morgan fingerprint density at radius 2 is 1.74 bits per heavy atom. The van der Waals surface area contributed by atoms with E-state index in [0.717, 1.165) is 12.5 Å². The summed E-state index contributed by atoms with van der Waals surface area (Å²) in [5.74, 6) is 0.876. The maximum absolute atomic E-state index is 3.67. The van der Waals surface area contributed by atoms with Crippen LogP contribution in [0.4, 0.5) is 0 Å². The van der Waals surface area contributed by atoms with E-state index >= 15 is 0 Å². The summed E-state index contributed by atoms with van der Waals surface area (Å²) in [5, 5.41) is 3.67. The van der Waals surface area contributed by atoms with Gasteiger partial charge < -0.3 is 5.32 Å². The minimum absolute atomic E-state index is 0.675. The van der Waals surface area contributed by atoms with Gasteiger partial charge in [0.2, 0.25) is 0 Å². The lowest BCUT2D eigenvalue weighted by Gasteiger charge is -2.23. The van der Waals surface area contributed by atoms with E-state index in [2.05, 4.69) is 57.3 Å². The molecule has 1 nitrogen and oxygen atoms in total. The largest absolute Gasteiger partial charge is 0.314 e. The molecule has 1 atom stereocenters. The fourth-order valence-electron chi connectivity index (χ4n) is 2.84. The molecule has 1 rings (SSSR count). The van der Waals surface area contributed by atoms with Crippen LogP contribution in [0, 0.1) is 12.8 Å². The molecule has 0 amide bonds. The number of rotatable bonds is 9. The average Bonchev–Trinajstić information content (AvgIpc) is 2.43. The van der Waals surface area contributed by atoms with Gasteiger partial charge in [-0.05, 0) is 49.8 Å². The van der Waals surface area contributed by atoms with Gasteiger partial charge in [0.05, 0.1) is 0 Å². The fraction of sp³-hybridized carbons (Fsp3) is 0.667. The maximum atomic E-state index is 3.67. The third-order valence-electron chi connectivity index (χ3n) is 4.29. The van der Waals surface area contributed by atoms with Gasteiger partial charge in [-0.2, -0.15) is 0 Å². The van der Waals surface area contributed by atoms with Crippen LogP contribution in [0.5, 0.6) is 0 Å². The predicted octanol–water partition coefficient (Wildman–Crippen LogP) is 4.73. The smallest absolute Gasteiger partial charge is 0.00727 e. The maximum Gasteiger partial charge on any atom is 0.00727 e. The van der Waals surface area contributed by atoms with Crippen molar-refractivity contribution in [3.63, 3.8) is 0 Å². The minimum atomic E-state index is 0.675. The highest BCUT2D eigenvalue weighted by Crippen LogP contribution is 2.19. The molecule has 1 aromatic rings. The van der Waals surface area contributed by atoms with E-state index < -0.39 is 0 Å². The van der Waals surface area contributed by atoms with Gasteiger partial charge in [-0.1, -0.05) is 57.9 Å². The molecule has 0 saturated heterocycles. The first-order valence-corrected chi connectivity index (χ1v) is 7.99. The van der Waals surface area contributed by atoms with E-state index in [0.29, 0.717) is 6.04 Å². The molecule has 0 radical (unpaired) electrons. The zero-order chi connectivity index (χ0) is 14.1. The van der Waals surface area contributed by atoms with Crippen molar-refractivity contribution >= 4 is 0 Å². The fourth-order valence-corrected chi connectivity index (χ4v) is 2.84. The molecule has 0 aliphatic carbocycles. The van der Waals surface area contributed by atoms with Crippen LogP contribution in [0.3, 0.4) is 0 Å². The Labute approximate surface area is 119 Å². The van der Waals surface area contributed by atoms with Crippen LogP contribution in [0.15, 0.2) is 24.3 Å². The summed E-state index contributed by atoms with van der Waals surface area (Å²) in [6, 6.07) is 9.46. The van der Waals surface area contributed by atoms with Gasteiger partial charge >= 0.3 is 0 Å². The van der Waals surface area contributed by atoms with Crippen LogP contribution < -0.4 is 5.32 Å². The number of hydrogen-bond donors (Lipinski definition) is 1. The van der Waals surface area contributed by atoms with Crippen molar-refractivity contribution < 1.29 is 0 Å². The lowest BCUT2D eigenvalue weighted by Crippen LogP contribution is -2.31. The van der Waals surface area contributed by atoms with Crippen molar-refractivity contribution in [2.24, 2.45) is 5.92 Å². The zero-order valence-corrected chi connectivity index (χ0v) is 13.2. The molecular formula is C18H31N. The summed E-state index contributed by atoms with van der Waals surface area (Å²) in [7, 11) is 0. The van der Waals surface area contributed by atoms with Gasteiger partial charge in [-0.15, -0.1) is 0 Å². The molecule has 0 aliphatic heterocycles. The standard InChI is InChI=1S/C18H31N/c1-5-16(6-2)14-18(19-7-3)13-12-17-11-9-8-10-15(17)4/h8-11,16,18-19H,5-7,12-14H2,1-4H3. The monoisotopic (exact) mass is 261 g/mol. The van der Waals surface area contributed by atoms with Crippen molar-refractivity contribution in [1.82, 2.24) is 5.32 Å². The molecule has 0 fully saturated rings. The molecule has 0 bridgehead atoms. The topological polar surface area (TPSA) is 12.0 Å². The number of hydrogen-bond acceptors (Lipinski definition) is 1. The Kier molecular flexibility index (Phi) is 7.81. The average molecular weight is 261 g/mol. The van der Waals surface area contributed by atoms with Gasteiger partial charge in [0, 0.05) is 6.04 Å².